The zero-order chi connectivity index (χ0) is 13.8. The second-order valence-electron chi connectivity index (χ2n) is 7.38. The minimum atomic E-state index is 0.616. The highest BCUT2D eigenvalue weighted by molar-refractivity contribution is 8.05. The summed E-state index contributed by atoms with van der Waals surface area (Å²) in [7, 11) is 0.827. The maximum atomic E-state index is 5.71. The van der Waals surface area contributed by atoms with Crippen LogP contribution in [0, 0.1) is 0 Å². The van der Waals surface area contributed by atoms with Crippen molar-refractivity contribution in [3.05, 3.63) is 0 Å². The largest absolute Gasteiger partial charge is 0.378 e. The predicted octanol–water partition coefficient (Wildman–Crippen LogP) is 4.84. The molecule has 0 amide bonds. The van der Waals surface area contributed by atoms with E-state index in [1.807, 2.05) is 0 Å². The van der Waals surface area contributed by atoms with Gasteiger partial charge in [0.05, 0.1) is 6.10 Å². The molecule has 2 saturated heterocycles. The van der Waals surface area contributed by atoms with Crippen LogP contribution < -0.4 is 0 Å². The van der Waals surface area contributed by atoms with Gasteiger partial charge in [-0.15, -0.1) is 0 Å². The fraction of sp³-hybridized carbons (Fsp3) is 1.00. The van der Waals surface area contributed by atoms with Crippen LogP contribution in [-0.2, 0) is 15.6 Å². The molecule has 0 spiro atoms. The molecule has 2 aliphatic heterocycles. The molecule has 0 aromatic carbocycles. The summed E-state index contributed by atoms with van der Waals surface area (Å²) in [5.74, 6) is 1.57. The van der Waals surface area contributed by atoms with Gasteiger partial charge in [-0.2, -0.15) is 0 Å². The van der Waals surface area contributed by atoms with Crippen LogP contribution in [0.3, 0.4) is 0 Å². The van der Waals surface area contributed by atoms with Gasteiger partial charge in [0.1, 0.15) is 4.75 Å². The fourth-order valence-corrected chi connectivity index (χ4v) is 7.58. The second-order valence-corrected chi connectivity index (χ2v) is 10.2. The Morgan fingerprint density at radius 2 is 1.80 bits per heavy atom. The van der Waals surface area contributed by atoms with Crippen molar-refractivity contribution in [3.63, 3.8) is 0 Å². The maximum absolute atomic E-state index is 5.71. The Bertz CT molecular complexity index is 292. The number of hydrogen-bond donors (Lipinski definition) is 0. The molecule has 0 N–H and O–H groups in total. The van der Waals surface area contributed by atoms with Gasteiger partial charge in [0.25, 0.3) is 0 Å². The van der Waals surface area contributed by atoms with Crippen molar-refractivity contribution < 1.29 is 4.74 Å². The van der Waals surface area contributed by atoms with Crippen molar-refractivity contribution in [3.8, 4) is 0 Å². The van der Waals surface area contributed by atoms with Crippen LogP contribution in [0.4, 0.5) is 0 Å². The van der Waals surface area contributed by atoms with Crippen molar-refractivity contribution in [2.75, 3.05) is 12.4 Å². The zero-order valence-corrected chi connectivity index (χ0v) is 14.2. The Labute approximate surface area is 128 Å². The highest BCUT2D eigenvalue weighted by atomic mass is 32.2. The summed E-state index contributed by atoms with van der Waals surface area (Å²) in [5, 5.41) is 1.08. The molecule has 0 bridgehead atoms. The molecule has 2 heterocycles. The monoisotopic (exact) mass is 297 g/mol. The molecule has 1 nitrogen and oxygen atoms in total. The van der Waals surface area contributed by atoms with Gasteiger partial charge in [-0.3, -0.25) is 0 Å². The van der Waals surface area contributed by atoms with Crippen LogP contribution >= 0.6 is 0 Å². The van der Waals surface area contributed by atoms with E-state index in [0.717, 1.165) is 27.5 Å². The van der Waals surface area contributed by atoms with E-state index in [1.54, 1.807) is 25.0 Å². The molecule has 3 atom stereocenters. The number of unbranched alkanes of at least 4 members (excludes halogenated alkanes) is 3. The van der Waals surface area contributed by atoms with Gasteiger partial charge >= 0.3 is 0 Å². The molecule has 3 rings (SSSR count). The number of rotatable bonds is 8. The van der Waals surface area contributed by atoms with Crippen molar-refractivity contribution >= 4 is 10.9 Å². The van der Waals surface area contributed by atoms with E-state index in [1.165, 1.54) is 57.8 Å². The van der Waals surface area contributed by atoms with Crippen LogP contribution in [0.5, 0.6) is 0 Å². The van der Waals surface area contributed by atoms with Gasteiger partial charge < -0.3 is 4.74 Å². The van der Waals surface area contributed by atoms with Crippen LogP contribution in [0.25, 0.3) is 0 Å². The Kier molecular flexibility index (Phi) is 5.36. The molecule has 1 saturated carbocycles. The van der Waals surface area contributed by atoms with Gasteiger partial charge in [0.15, 0.2) is 11.0 Å². The van der Waals surface area contributed by atoms with Gasteiger partial charge in [-0.25, -0.2) is 0 Å². The SMILES string of the molecule is CC1C[S+]1C1(CCCCCCC2CCCO2)CCCC1. The lowest BCUT2D eigenvalue weighted by Crippen LogP contribution is -2.29. The summed E-state index contributed by atoms with van der Waals surface area (Å²) >= 11 is 0. The minimum Gasteiger partial charge on any atom is -0.378 e. The van der Waals surface area contributed by atoms with E-state index >= 15 is 0 Å². The Balaban J connectivity index is 1.28. The van der Waals surface area contributed by atoms with Crippen molar-refractivity contribution in [1.82, 2.24) is 0 Å². The zero-order valence-electron chi connectivity index (χ0n) is 13.4. The predicted molar refractivity (Wildman–Crippen MR) is 89.6 cm³/mol. The van der Waals surface area contributed by atoms with Crippen molar-refractivity contribution in [2.24, 2.45) is 0 Å². The third kappa shape index (κ3) is 3.74. The maximum Gasteiger partial charge on any atom is 0.160 e. The quantitative estimate of drug-likeness (QED) is 0.354. The van der Waals surface area contributed by atoms with Gasteiger partial charge in [0, 0.05) is 17.5 Å². The average molecular weight is 298 g/mol. The first kappa shape index (κ1) is 15.2. The standard InChI is InChI=1S/C18H33OS/c1-16-15-20(16)18(12-6-7-13-18)11-5-3-2-4-9-17-10-8-14-19-17/h16-17H,2-15H2,1H3/q+1. The van der Waals surface area contributed by atoms with Crippen molar-refractivity contribution in [2.45, 2.75) is 100 Å². The first-order valence-electron chi connectivity index (χ1n) is 9.12. The first-order chi connectivity index (χ1) is 9.80. The molecule has 0 aromatic heterocycles. The molecule has 3 aliphatic rings. The van der Waals surface area contributed by atoms with E-state index in [4.69, 9.17) is 4.74 Å². The Morgan fingerprint density at radius 3 is 2.45 bits per heavy atom. The van der Waals surface area contributed by atoms with Crippen molar-refractivity contribution in [1.29, 1.82) is 0 Å². The lowest BCUT2D eigenvalue weighted by atomic mass is 9.97. The average Bonchev–Trinajstić information content (AvgIpc) is 2.90. The third-order valence-corrected chi connectivity index (χ3v) is 9.08. The van der Waals surface area contributed by atoms with E-state index in [2.05, 4.69) is 6.92 Å². The molecule has 3 fully saturated rings. The van der Waals surface area contributed by atoms with E-state index in [9.17, 15) is 0 Å². The third-order valence-electron chi connectivity index (χ3n) is 5.79. The van der Waals surface area contributed by atoms with Crippen LogP contribution in [0.1, 0.15) is 84.0 Å². The molecular formula is C18H33OS+. The van der Waals surface area contributed by atoms with E-state index in [-0.39, 0.29) is 0 Å². The molecule has 116 valence electrons. The molecule has 1 aliphatic carbocycles. The van der Waals surface area contributed by atoms with Crippen LogP contribution in [0.2, 0.25) is 0 Å². The van der Waals surface area contributed by atoms with Gasteiger partial charge in [-0.05, 0) is 64.7 Å². The number of ether oxygens (including phenoxy) is 1. The topological polar surface area (TPSA) is 9.23 Å². The minimum absolute atomic E-state index is 0.616. The molecule has 0 aromatic rings. The van der Waals surface area contributed by atoms with Crippen LogP contribution in [-0.4, -0.2) is 28.5 Å². The van der Waals surface area contributed by atoms with Gasteiger partial charge in [0.2, 0.25) is 0 Å². The normalized spacial score (nSPS) is 35.5. The summed E-state index contributed by atoms with van der Waals surface area (Å²) in [6, 6.07) is 0. The first-order valence-corrected chi connectivity index (χ1v) is 10.6. The second kappa shape index (κ2) is 7.05. The summed E-state index contributed by atoms with van der Waals surface area (Å²) < 4.78 is 6.54. The fourth-order valence-electron chi connectivity index (χ4n) is 4.52. The highest BCUT2D eigenvalue weighted by Gasteiger charge is 2.61. The molecule has 20 heavy (non-hydrogen) atoms. The Morgan fingerprint density at radius 1 is 1.05 bits per heavy atom. The smallest absolute Gasteiger partial charge is 0.160 e. The summed E-state index contributed by atoms with van der Waals surface area (Å²) in [4.78, 5) is 0. The lowest BCUT2D eigenvalue weighted by molar-refractivity contribution is 0.102. The lowest BCUT2D eigenvalue weighted by Gasteiger charge is -2.21. The number of hydrogen-bond acceptors (Lipinski definition) is 1. The summed E-state index contributed by atoms with van der Waals surface area (Å²) in [6.45, 7) is 3.51. The summed E-state index contributed by atoms with van der Waals surface area (Å²) in [5.41, 5.74) is 0. The van der Waals surface area contributed by atoms with E-state index < -0.39 is 0 Å². The Hall–Kier alpha value is 0.310. The van der Waals surface area contributed by atoms with Crippen LogP contribution in [0.15, 0.2) is 0 Å². The van der Waals surface area contributed by atoms with Gasteiger partial charge in [-0.1, -0.05) is 19.3 Å². The van der Waals surface area contributed by atoms with E-state index in [0.29, 0.717) is 6.10 Å². The summed E-state index contributed by atoms with van der Waals surface area (Å²) in [6.07, 6.45) is 18.1. The molecular weight excluding hydrogens is 264 g/mol. The molecule has 2 heteroatoms. The molecule has 0 radical (unpaired) electrons. The molecule has 3 unspecified atom stereocenters. The highest BCUT2D eigenvalue weighted by Crippen LogP contribution is 2.50.